The predicted molar refractivity (Wildman–Crippen MR) is 156 cm³/mol. The molecule has 2 atom stereocenters. The summed E-state index contributed by atoms with van der Waals surface area (Å²) >= 11 is 6.58. The van der Waals surface area contributed by atoms with Gasteiger partial charge in [0.05, 0.1) is 22.8 Å². The molecule has 0 spiro atoms. The molecule has 1 heterocycles. The van der Waals surface area contributed by atoms with Crippen molar-refractivity contribution in [3.63, 3.8) is 0 Å². The van der Waals surface area contributed by atoms with Crippen molar-refractivity contribution in [3.8, 4) is 22.6 Å². The second-order valence-corrected chi connectivity index (χ2v) is 11.8. The molecule has 1 aliphatic heterocycles. The first kappa shape index (κ1) is 30.2. The number of nitrogens with two attached hydrogens (primary N) is 1. The number of carbonyl (C=O) groups excluding carboxylic acids is 1. The van der Waals surface area contributed by atoms with E-state index in [1.54, 1.807) is 0 Å². The summed E-state index contributed by atoms with van der Waals surface area (Å²) in [6.45, 7) is 3.52. The molecule has 3 aromatic carbocycles. The minimum atomic E-state index is -1.04. The lowest BCUT2D eigenvalue weighted by molar-refractivity contribution is 0.00890. The molecular formula is C32H35ClF2N2O5. The van der Waals surface area contributed by atoms with E-state index < -0.39 is 34.7 Å². The van der Waals surface area contributed by atoms with Gasteiger partial charge in [-0.1, -0.05) is 48.9 Å². The molecule has 42 heavy (non-hydrogen) atoms. The lowest BCUT2D eigenvalue weighted by Gasteiger charge is -2.38. The first-order valence-corrected chi connectivity index (χ1v) is 14.5. The number of rotatable bonds is 9. The Balaban J connectivity index is 1.65. The summed E-state index contributed by atoms with van der Waals surface area (Å²) in [5, 5.41) is 22.9. The van der Waals surface area contributed by atoms with Gasteiger partial charge in [-0.2, -0.15) is 0 Å². The molecule has 0 unspecified atom stereocenters. The third-order valence-electron chi connectivity index (χ3n) is 8.60. The van der Waals surface area contributed by atoms with E-state index in [0.29, 0.717) is 24.9 Å². The van der Waals surface area contributed by atoms with Crippen molar-refractivity contribution < 1.29 is 33.3 Å². The van der Waals surface area contributed by atoms with Crippen LogP contribution in [0.5, 0.6) is 11.5 Å². The molecule has 0 saturated heterocycles. The summed E-state index contributed by atoms with van der Waals surface area (Å²) in [5.74, 6) is -3.29. The zero-order valence-electron chi connectivity index (χ0n) is 23.6. The Morgan fingerprint density at radius 3 is 2.50 bits per heavy atom. The second kappa shape index (κ2) is 11.8. The van der Waals surface area contributed by atoms with Gasteiger partial charge < -0.3 is 30.7 Å². The molecule has 0 radical (unpaired) electrons. The molecule has 1 fully saturated rings. The molecule has 3 aromatic rings. The molecule has 224 valence electrons. The van der Waals surface area contributed by atoms with Gasteiger partial charge in [-0.25, -0.2) is 8.78 Å². The van der Waals surface area contributed by atoms with Crippen molar-refractivity contribution in [2.24, 2.45) is 5.73 Å². The van der Waals surface area contributed by atoms with Crippen molar-refractivity contribution in [2.75, 3.05) is 19.8 Å². The SMILES string of the molecule is C[C@H]1c2c(cc(F)c(Cl)c2-c2c(C(N)=O)ccc(OCCO)c2F)O[C@]1(CN[C@H]1CC[C@@](C)(O)CC1)c1ccccc1. The number of nitrogens with one attached hydrogen (secondary N) is 1. The largest absolute Gasteiger partial charge is 0.488 e. The number of hydrogen-bond donors (Lipinski definition) is 4. The first-order valence-electron chi connectivity index (χ1n) is 14.1. The van der Waals surface area contributed by atoms with Crippen LogP contribution < -0.4 is 20.5 Å². The van der Waals surface area contributed by atoms with Crippen LogP contribution in [0.15, 0.2) is 48.5 Å². The smallest absolute Gasteiger partial charge is 0.249 e. The number of amides is 1. The predicted octanol–water partition coefficient (Wildman–Crippen LogP) is 5.43. The van der Waals surface area contributed by atoms with E-state index in [9.17, 15) is 15.0 Å². The number of fused-ring (bicyclic) bond motifs is 1. The normalized spacial score (nSPS) is 25.1. The third-order valence-corrected chi connectivity index (χ3v) is 8.97. The minimum absolute atomic E-state index is 0.0357. The van der Waals surface area contributed by atoms with Gasteiger partial charge in [-0.3, -0.25) is 4.79 Å². The molecule has 1 aliphatic carbocycles. The average molecular weight is 601 g/mol. The molecule has 5 N–H and O–H groups in total. The van der Waals surface area contributed by atoms with Crippen LogP contribution in [-0.4, -0.2) is 47.5 Å². The van der Waals surface area contributed by atoms with E-state index >= 15 is 8.78 Å². The molecule has 10 heteroatoms. The van der Waals surface area contributed by atoms with Gasteiger partial charge in [0.25, 0.3) is 0 Å². The molecule has 5 rings (SSSR count). The standard InChI is InChI=1S/C32H35ClF2N2O5/c1-18-25-24(42-32(18,19-6-4-3-5-7-19)17-37-20-10-12-31(2,40)13-11-20)16-22(34)28(33)27(25)26-21(30(36)39)8-9-23(29(26)35)41-15-14-38/h3-9,16,18,20,37-38,40H,10-15,17H2,1-2H3,(H2,36,39)/t18-,20-,31+,32-/m0/s1. The van der Waals surface area contributed by atoms with Crippen LogP contribution in [0.1, 0.15) is 66.9 Å². The number of hydrogen-bond acceptors (Lipinski definition) is 6. The van der Waals surface area contributed by atoms with Crippen LogP contribution in [0.2, 0.25) is 5.02 Å². The Labute approximate surface area is 248 Å². The minimum Gasteiger partial charge on any atom is -0.488 e. The number of aliphatic hydroxyl groups excluding tert-OH is 1. The fraction of sp³-hybridized carbons (Fsp3) is 0.406. The maximum Gasteiger partial charge on any atom is 0.249 e. The molecule has 2 aliphatic rings. The fourth-order valence-corrected chi connectivity index (χ4v) is 6.48. The molecule has 1 saturated carbocycles. The summed E-state index contributed by atoms with van der Waals surface area (Å²) in [7, 11) is 0. The van der Waals surface area contributed by atoms with Crippen LogP contribution in [0.25, 0.3) is 11.1 Å². The fourth-order valence-electron chi connectivity index (χ4n) is 6.23. The molecule has 1 amide bonds. The Kier molecular flexibility index (Phi) is 8.49. The molecule has 0 aromatic heterocycles. The third kappa shape index (κ3) is 5.46. The van der Waals surface area contributed by atoms with Crippen molar-refractivity contribution in [1.82, 2.24) is 5.32 Å². The van der Waals surface area contributed by atoms with Crippen LogP contribution in [0, 0.1) is 11.6 Å². The zero-order chi connectivity index (χ0) is 30.2. The van der Waals surface area contributed by atoms with E-state index in [1.807, 2.05) is 44.2 Å². The highest BCUT2D eigenvalue weighted by molar-refractivity contribution is 6.34. The topological polar surface area (TPSA) is 114 Å². The van der Waals surface area contributed by atoms with Crippen molar-refractivity contribution >= 4 is 17.5 Å². The van der Waals surface area contributed by atoms with Crippen LogP contribution in [0.3, 0.4) is 0 Å². The van der Waals surface area contributed by atoms with Gasteiger partial charge in [0.15, 0.2) is 17.2 Å². The van der Waals surface area contributed by atoms with Gasteiger partial charge in [-0.05, 0) is 50.3 Å². The maximum atomic E-state index is 16.1. The summed E-state index contributed by atoms with van der Waals surface area (Å²) in [5.41, 5.74) is 4.65. The lowest BCUT2D eigenvalue weighted by atomic mass is 9.77. The number of aliphatic hydroxyl groups is 2. The van der Waals surface area contributed by atoms with Gasteiger partial charge in [-0.15, -0.1) is 0 Å². The van der Waals surface area contributed by atoms with E-state index in [-0.39, 0.29) is 52.5 Å². The van der Waals surface area contributed by atoms with Gasteiger partial charge in [0.2, 0.25) is 5.91 Å². The number of ether oxygens (including phenoxy) is 2. The Morgan fingerprint density at radius 2 is 1.86 bits per heavy atom. The van der Waals surface area contributed by atoms with E-state index in [0.717, 1.165) is 18.4 Å². The number of benzene rings is 3. The summed E-state index contributed by atoms with van der Waals surface area (Å²) in [6.07, 6.45) is 2.88. The zero-order valence-corrected chi connectivity index (χ0v) is 24.3. The Bertz CT molecular complexity index is 1480. The van der Waals surface area contributed by atoms with Crippen LogP contribution >= 0.6 is 11.6 Å². The monoisotopic (exact) mass is 600 g/mol. The lowest BCUT2D eigenvalue weighted by Crippen LogP contribution is -2.49. The Hall–Kier alpha value is -3.24. The highest BCUT2D eigenvalue weighted by Gasteiger charge is 2.50. The van der Waals surface area contributed by atoms with E-state index in [4.69, 9.17) is 26.8 Å². The van der Waals surface area contributed by atoms with E-state index in [2.05, 4.69) is 5.32 Å². The number of primary amides is 1. The highest BCUT2D eigenvalue weighted by Crippen LogP contribution is 2.56. The van der Waals surface area contributed by atoms with E-state index in [1.165, 1.54) is 18.2 Å². The van der Waals surface area contributed by atoms with Gasteiger partial charge in [0.1, 0.15) is 18.2 Å². The average Bonchev–Trinajstić information content (AvgIpc) is 3.24. The number of carbonyl (C=O) groups is 1. The number of halogens is 3. The van der Waals surface area contributed by atoms with Gasteiger partial charge in [0, 0.05) is 41.3 Å². The first-order chi connectivity index (χ1) is 20.0. The highest BCUT2D eigenvalue weighted by atomic mass is 35.5. The second-order valence-electron chi connectivity index (χ2n) is 11.4. The molecule has 7 nitrogen and oxygen atoms in total. The molecular weight excluding hydrogens is 566 g/mol. The quantitative estimate of drug-likeness (QED) is 0.260. The summed E-state index contributed by atoms with van der Waals surface area (Å²) < 4.78 is 43.6. The van der Waals surface area contributed by atoms with Crippen molar-refractivity contribution in [2.45, 2.75) is 62.7 Å². The van der Waals surface area contributed by atoms with Crippen molar-refractivity contribution in [1.29, 1.82) is 0 Å². The van der Waals surface area contributed by atoms with Gasteiger partial charge >= 0.3 is 0 Å². The maximum absolute atomic E-state index is 16.1. The van der Waals surface area contributed by atoms with Crippen LogP contribution in [0.4, 0.5) is 8.78 Å². The molecule has 0 bridgehead atoms. The summed E-state index contributed by atoms with van der Waals surface area (Å²) in [6, 6.07) is 13.4. The summed E-state index contributed by atoms with van der Waals surface area (Å²) in [4.78, 5) is 12.5. The van der Waals surface area contributed by atoms with Crippen LogP contribution in [-0.2, 0) is 5.60 Å². The van der Waals surface area contributed by atoms with Crippen molar-refractivity contribution in [3.05, 3.63) is 81.9 Å². The Morgan fingerprint density at radius 1 is 1.17 bits per heavy atom.